The van der Waals surface area contributed by atoms with Gasteiger partial charge in [-0.05, 0) is 38.1 Å². The fraction of sp³-hybridized carbons (Fsp3) is 0.467. The van der Waals surface area contributed by atoms with Crippen LogP contribution in [0.4, 0.5) is 13.2 Å². The van der Waals surface area contributed by atoms with E-state index in [0.717, 1.165) is 30.5 Å². The maximum absolute atomic E-state index is 13.3. The molecule has 1 amide bonds. The lowest BCUT2D eigenvalue weighted by atomic mass is 10.2. The molecule has 123 valence electrons. The predicted octanol–water partition coefficient (Wildman–Crippen LogP) is 2.05. The molecule has 8 heteroatoms. The number of benzene rings is 1. The molecule has 0 unspecified atom stereocenters. The topological polar surface area (TPSA) is 64.2 Å². The van der Waals surface area contributed by atoms with Gasteiger partial charge in [-0.25, -0.2) is 4.98 Å². The smallest absolute Gasteiger partial charge is 0.366 e. The van der Waals surface area contributed by atoms with Crippen LogP contribution >= 0.6 is 0 Å². The van der Waals surface area contributed by atoms with Crippen molar-refractivity contribution in [2.24, 2.45) is 5.73 Å². The Hall–Kier alpha value is -2.09. The van der Waals surface area contributed by atoms with Gasteiger partial charge in [-0.2, -0.15) is 13.2 Å². The van der Waals surface area contributed by atoms with Crippen LogP contribution in [0, 0.1) is 6.07 Å². The van der Waals surface area contributed by atoms with Gasteiger partial charge in [0.05, 0.1) is 11.1 Å². The number of amides is 1. The van der Waals surface area contributed by atoms with Gasteiger partial charge in [0.25, 0.3) is 5.91 Å². The summed E-state index contributed by atoms with van der Waals surface area (Å²) in [4.78, 5) is 17.2. The third-order valence-corrected chi connectivity index (χ3v) is 4.05. The van der Waals surface area contributed by atoms with Crippen molar-refractivity contribution in [1.29, 1.82) is 0 Å². The van der Waals surface area contributed by atoms with Crippen LogP contribution in [0.25, 0.3) is 11.0 Å². The summed E-state index contributed by atoms with van der Waals surface area (Å²) in [6.45, 7) is 2.47. The van der Waals surface area contributed by atoms with Crippen molar-refractivity contribution in [1.82, 2.24) is 14.5 Å². The first-order valence-corrected chi connectivity index (χ1v) is 7.38. The minimum Gasteiger partial charge on any atom is -0.366 e. The zero-order valence-electron chi connectivity index (χ0n) is 12.4. The monoisotopic (exact) mass is 325 g/mol. The summed E-state index contributed by atoms with van der Waals surface area (Å²) in [5.74, 6) is -1.85. The van der Waals surface area contributed by atoms with E-state index in [1.54, 1.807) is 0 Å². The van der Waals surface area contributed by atoms with Gasteiger partial charge in [0.2, 0.25) is 5.82 Å². The number of fused-ring (bicyclic) bond motifs is 1. The molecule has 23 heavy (non-hydrogen) atoms. The van der Waals surface area contributed by atoms with Gasteiger partial charge in [-0.15, -0.1) is 0 Å². The van der Waals surface area contributed by atoms with E-state index in [2.05, 4.69) is 16.0 Å². The highest BCUT2D eigenvalue weighted by molar-refractivity contribution is 6.03. The van der Waals surface area contributed by atoms with Crippen molar-refractivity contribution >= 4 is 16.9 Å². The fourth-order valence-electron chi connectivity index (χ4n) is 2.97. The van der Waals surface area contributed by atoms with Crippen LogP contribution in [0.15, 0.2) is 12.1 Å². The molecule has 1 aliphatic rings. The molecule has 0 bridgehead atoms. The molecule has 2 N–H and O–H groups in total. The lowest BCUT2D eigenvalue weighted by Gasteiger charge is -2.17. The van der Waals surface area contributed by atoms with Crippen LogP contribution in [0.1, 0.15) is 29.0 Å². The number of imidazole rings is 1. The quantitative estimate of drug-likeness (QED) is 0.936. The SMILES string of the molecule is NC(=O)c1[c]ccc2c1nc(C(F)(F)F)n2CCN1CCCC1. The highest BCUT2D eigenvalue weighted by Crippen LogP contribution is 2.32. The molecule has 0 spiro atoms. The number of aromatic nitrogens is 2. The number of nitrogens with two attached hydrogens (primary N) is 1. The minimum atomic E-state index is -4.60. The molecular formula is C15H16F3N4O. The van der Waals surface area contributed by atoms with Crippen molar-refractivity contribution in [3.05, 3.63) is 29.6 Å². The van der Waals surface area contributed by atoms with Crippen molar-refractivity contribution in [2.45, 2.75) is 25.6 Å². The predicted molar refractivity (Wildman–Crippen MR) is 77.8 cm³/mol. The summed E-state index contributed by atoms with van der Waals surface area (Å²) in [5, 5.41) is 0. The zero-order valence-corrected chi connectivity index (χ0v) is 12.4. The Balaban J connectivity index is 2.05. The van der Waals surface area contributed by atoms with E-state index in [-0.39, 0.29) is 23.1 Å². The lowest BCUT2D eigenvalue weighted by Crippen LogP contribution is -2.26. The van der Waals surface area contributed by atoms with Crippen molar-refractivity contribution < 1.29 is 18.0 Å². The molecule has 1 aliphatic heterocycles. The molecule has 0 saturated carbocycles. The zero-order chi connectivity index (χ0) is 16.6. The average Bonchev–Trinajstić information content (AvgIpc) is 3.11. The van der Waals surface area contributed by atoms with E-state index in [1.165, 1.54) is 12.1 Å². The Bertz CT molecular complexity index is 732. The van der Waals surface area contributed by atoms with E-state index >= 15 is 0 Å². The van der Waals surface area contributed by atoms with Gasteiger partial charge < -0.3 is 15.2 Å². The molecule has 1 aromatic carbocycles. The molecule has 1 saturated heterocycles. The Labute approximate surface area is 130 Å². The van der Waals surface area contributed by atoms with E-state index in [0.29, 0.717) is 6.54 Å². The number of carbonyl (C=O) groups excluding carboxylic acids is 1. The highest BCUT2D eigenvalue weighted by atomic mass is 19.4. The largest absolute Gasteiger partial charge is 0.449 e. The number of alkyl halides is 3. The molecule has 2 aromatic rings. The first-order valence-electron chi connectivity index (χ1n) is 7.38. The third kappa shape index (κ3) is 3.03. The molecular weight excluding hydrogens is 309 g/mol. The summed E-state index contributed by atoms with van der Waals surface area (Å²) in [6.07, 6.45) is -2.46. The Morgan fingerprint density at radius 2 is 2.00 bits per heavy atom. The third-order valence-electron chi connectivity index (χ3n) is 4.05. The second-order valence-corrected chi connectivity index (χ2v) is 5.58. The summed E-state index contributed by atoms with van der Waals surface area (Å²) in [7, 11) is 0. The number of likely N-dealkylation sites (tertiary alicyclic amines) is 1. The first-order chi connectivity index (χ1) is 10.9. The molecule has 0 aliphatic carbocycles. The number of primary amides is 1. The van der Waals surface area contributed by atoms with Gasteiger partial charge >= 0.3 is 6.18 Å². The van der Waals surface area contributed by atoms with Crippen molar-refractivity contribution in [3.8, 4) is 0 Å². The van der Waals surface area contributed by atoms with E-state index in [9.17, 15) is 18.0 Å². The molecule has 1 aromatic heterocycles. The maximum atomic E-state index is 13.3. The van der Waals surface area contributed by atoms with Gasteiger partial charge in [0.1, 0.15) is 5.52 Å². The van der Waals surface area contributed by atoms with Crippen LogP contribution in [0.5, 0.6) is 0 Å². The number of nitrogens with zero attached hydrogens (tertiary/aromatic N) is 3. The molecule has 2 heterocycles. The molecule has 1 fully saturated rings. The fourth-order valence-corrected chi connectivity index (χ4v) is 2.97. The van der Waals surface area contributed by atoms with Crippen LogP contribution in [0.3, 0.4) is 0 Å². The van der Waals surface area contributed by atoms with Crippen LogP contribution in [0.2, 0.25) is 0 Å². The summed E-state index contributed by atoms with van der Waals surface area (Å²) < 4.78 is 41.0. The van der Waals surface area contributed by atoms with E-state index < -0.39 is 17.9 Å². The second kappa shape index (κ2) is 5.84. The number of hydrogen-bond acceptors (Lipinski definition) is 3. The van der Waals surface area contributed by atoms with Gasteiger partial charge in [-0.1, -0.05) is 6.07 Å². The number of hydrogen-bond donors (Lipinski definition) is 1. The minimum absolute atomic E-state index is 0.0475. The Morgan fingerprint density at radius 3 is 2.61 bits per heavy atom. The standard InChI is InChI=1S/C15H16F3N4O/c16-15(17,18)14-20-12-10(13(19)23)4-3-5-11(12)22(14)9-8-21-6-1-2-7-21/h3,5H,1-2,6-9H2,(H2,19,23). The summed E-state index contributed by atoms with van der Waals surface area (Å²) in [6, 6.07) is 5.45. The van der Waals surface area contributed by atoms with Crippen molar-refractivity contribution in [2.75, 3.05) is 19.6 Å². The van der Waals surface area contributed by atoms with E-state index in [4.69, 9.17) is 5.73 Å². The average molecular weight is 325 g/mol. The van der Waals surface area contributed by atoms with Crippen LogP contribution < -0.4 is 5.73 Å². The molecule has 5 nitrogen and oxygen atoms in total. The van der Waals surface area contributed by atoms with Crippen LogP contribution in [-0.4, -0.2) is 40.0 Å². The molecule has 0 atom stereocenters. The summed E-state index contributed by atoms with van der Waals surface area (Å²) >= 11 is 0. The van der Waals surface area contributed by atoms with Gasteiger partial charge in [-0.3, -0.25) is 4.79 Å². The lowest BCUT2D eigenvalue weighted by molar-refractivity contribution is -0.147. The maximum Gasteiger partial charge on any atom is 0.449 e. The van der Waals surface area contributed by atoms with Crippen LogP contribution in [-0.2, 0) is 12.7 Å². The van der Waals surface area contributed by atoms with E-state index in [1.807, 2.05) is 0 Å². The summed E-state index contributed by atoms with van der Waals surface area (Å²) in [5.41, 5.74) is 5.30. The Morgan fingerprint density at radius 1 is 1.30 bits per heavy atom. The number of carbonyl (C=O) groups is 1. The Kier molecular flexibility index (Phi) is 4.01. The normalized spacial score (nSPS) is 16.3. The number of rotatable bonds is 4. The van der Waals surface area contributed by atoms with Gasteiger partial charge in [0, 0.05) is 13.1 Å². The number of halogens is 3. The second-order valence-electron chi connectivity index (χ2n) is 5.58. The molecule has 1 radical (unpaired) electrons. The highest BCUT2D eigenvalue weighted by Gasteiger charge is 2.38. The van der Waals surface area contributed by atoms with Crippen molar-refractivity contribution in [3.63, 3.8) is 0 Å². The molecule has 3 rings (SSSR count). The van der Waals surface area contributed by atoms with Gasteiger partial charge in [0.15, 0.2) is 0 Å². The first kappa shape index (κ1) is 15.8.